The van der Waals surface area contributed by atoms with Gasteiger partial charge in [-0.3, -0.25) is 0 Å². The second-order valence-corrected chi connectivity index (χ2v) is 4.53. The molecule has 1 fully saturated rings. The van der Waals surface area contributed by atoms with Gasteiger partial charge in [-0.2, -0.15) is 13.2 Å². The van der Waals surface area contributed by atoms with Crippen LogP contribution in [0.25, 0.3) is 0 Å². The molecule has 1 aliphatic rings. The fourth-order valence-corrected chi connectivity index (χ4v) is 2.25. The van der Waals surface area contributed by atoms with Gasteiger partial charge in [0.25, 0.3) is 0 Å². The molecule has 1 heterocycles. The highest BCUT2D eigenvalue weighted by Crippen LogP contribution is 2.31. The quantitative estimate of drug-likeness (QED) is 0.903. The molecule has 1 aliphatic carbocycles. The highest BCUT2D eigenvalue weighted by Gasteiger charge is 2.34. The van der Waals surface area contributed by atoms with Crippen molar-refractivity contribution in [3.05, 3.63) is 17.5 Å². The first-order valence-electron chi connectivity index (χ1n) is 6.20. The van der Waals surface area contributed by atoms with E-state index in [0.29, 0.717) is 12.0 Å². The van der Waals surface area contributed by atoms with Crippen molar-refractivity contribution in [2.45, 2.75) is 51.2 Å². The molecule has 1 N–H and O–H groups in total. The third-order valence-corrected chi connectivity index (χ3v) is 3.20. The van der Waals surface area contributed by atoms with Crippen LogP contribution in [0.15, 0.2) is 6.20 Å². The Hall–Kier alpha value is -1.33. The molecule has 0 bridgehead atoms. The molecule has 2 rings (SSSR count). The fourth-order valence-electron chi connectivity index (χ4n) is 2.25. The van der Waals surface area contributed by atoms with Crippen LogP contribution in [0.5, 0.6) is 0 Å². The maximum absolute atomic E-state index is 12.7. The van der Waals surface area contributed by atoms with Crippen LogP contribution in [0.1, 0.15) is 43.9 Å². The Morgan fingerprint density at radius 3 is 2.56 bits per heavy atom. The summed E-state index contributed by atoms with van der Waals surface area (Å²) in [6, 6.07) is 0.298. The van der Waals surface area contributed by atoms with Gasteiger partial charge in [-0.25, -0.2) is 9.97 Å². The zero-order valence-corrected chi connectivity index (χ0v) is 10.2. The largest absolute Gasteiger partial charge is 0.419 e. The summed E-state index contributed by atoms with van der Waals surface area (Å²) in [5.41, 5.74) is -0.681. The molecule has 3 nitrogen and oxygen atoms in total. The minimum Gasteiger partial charge on any atom is -0.351 e. The lowest BCUT2D eigenvalue weighted by Gasteiger charge is -2.15. The highest BCUT2D eigenvalue weighted by atomic mass is 19.4. The van der Waals surface area contributed by atoms with E-state index in [1.54, 1.807) is 6.92 Å². The summed E-state index contributed by atoms with van der Waals surface area (Å²) >= 11 is 0. The smallest absolute Gasteiger partial charge is 0.351 e. The molecule has 0 spiro atoms. The van der Waals surface area contributed by atoms with Crippen molar-refractivity contribution in [1.29, 1.82) is 0 Å². The molecule has 0 amide bonds. The van der Waals surface area contributed by atoms with Crippen molar-refractivity contribution in [3.63, 3.8) is 0 Å². The maximum Gasteiger partial charge on any atom is 0.419 e. The standard InChI is InChI=1S/C12H16F3N3/c1-2-10-9(12(13,14)15)7-16-11(18-10)17-8-5-3-4-6-8/h7-8H,2-6H2,1H3,(H,16,17,18). The van der Waals surface area contributed by atoms with Gasteiger partial charge in [0.05, 0.1) is 11.3 Å². The van der Waals surface area contributed by atoms with Crippen LogP contribution in [-0.4, -0.2) is 16.0 Å². The molecule has 18 heavy (non-hydrogen) atoms. The van der Waals surface area contributed by atoms with Crippen LogP contribution in [0.2, 0.25) is 0 Å². The zero-order valence-electron chi connectivity index (χ0n) is 10.2. The highest BCUT2D eigenvalue weighted by molar-refractivity contribution is 5.32. The van der Waals surface area contributed by atoms with E-state index in [-0.39, 0.29) is 12.1 Å². The maximum atomic E-state index is 12.7. The summed E-state index contributed by atoms with van der Waals surface area (Å²) in [4.78, 5) is 7.75. The monoisotopic (exact) mass is 259 g/mol. The van der Waals surface area contributed by atoms with Gasteiger partial charge in [-0.1, -0.05) is 19.8 Å². The fraction of sp³-hybridized carbons (Fsp3) is 0.667. The number of anilines is 1. The number of aryl methyl sites for hydroxylation is 1. The number of hydrogen-bond acceptors (Lipinski definition) is 3. The van der Waals surface area contributed by atoms with Crippen molar-refractivity contribution < 1.29 is 13.2 Å². The summed E-state index contributed by atoms with van der Waals surface area (Å²) in [5, 5.41) is 3.10. The molecule has 1 saturated carbocycles. The van der Waals surface area contributed by atoms with E-state index in [4.69, 9.17) is 0 Å². The van der Waals surface area contributed by atoms with Crippen molar-refractivity contribution in [2.24, 2.45) is 0 Å². The second kappa shape index (κ2) is 5.12. The van der Waals surface area contributed by atoms with Crippen LogP contribution in [0.4, 0.5) is 19.1 Å². The van der Waals surface area contributed by atoms with Crippen LogP contribution < -0.4 is 5.32 Å². The second-order valence-electron chi connectivity index (χ2n) is 4.53. The average molecular weight is 259 g/mol. The van der Waals surface area contributed by atoms with Gasteiger partial charge in [0.1, 0.15) is 0 Å². The molecule has 0 atom stereocenters. The van der Waals surface area contributed by atoms with E-state index in [2.05, 4.69) is 15.3 Å². The first-order chi connectivity index (χ1) is 8.50. The van der Waals surface area contributed by atoms with Gasteiger partial charge < -0.3 is 5.32 Å². The van der Waals surface area contributed by atoms with Crippen LogP contribution >= 0.6 is 0 Å². The van der Waals surface area contributed by atoms with E-state index in [9.17, 15) is 13.2 Å². The van der Waals surface area contributed by atoms with Crippen molar-refractivity contribution in [2.75, 3.05) is 5.32 Å². The SMILES string of the molecule is CCc1nc(NC2CCCC2)ncc1C(F)(F)F. The van der Waals surface area contributed by atoms with E-state index < -0.39 is 11.7 Å². The Morgan fingerprint density at radius 1 is 1.33 bits per heavy atom. The minimum absolute atomic E-state index is 0.0537. The van der Waals surface area contributed by atoms with Gasteiger partial charge in [0.15, 0.2) is 0 Å². The van der Waals surface area contributed by atoms with Crippen LogP contribution in [0, 0.1) is 0 Å². The number of halogens is 3. The molecule has 0 saturated heterocycles. The molecular formula is C12H16F3N3. The molecule has 6 heteroatoms. The lowest BCUT2D eigenvalue weighted by atomic mass is 10.2. The molecule has 0 unspecified atom stereocenters. The molecule has 1 aromatic heterocycles. The Morgan fingerprint density at radius 2 is 2.00 bits per heavy atom. The van der Waals surface area contributed by atoms with Gasteiger partial charge >= 0.3 is 6.18 Å². The number of rotatable bonds is 3. The zero-order chi connectivity index (χ0) is 13.2. The lowest BCUT2D eigenvalue weighted by Crippen LogP contribution is -2.19. The predicted octanol–water partition coefficient (Wildman–Crippen LogP) is 3.41. The normalized spacial score (nSPS) is 17.1. The number of aromatic nitrogens is 2. The van der Waals surface area contributed by atoms with Crippen LogP contribution in [-0.2, 0) is 12.6 Å². The van der Waals surface area contributed by atoms with E-state index in [1.165, 1.54) is 0 Å². The summed E-state index contributed by atoms with van der Waals surface area (Å²) < 4.78 is 38.0. The van der Waals surface area contributed by atoms with Gasteiger partial charge in [-0.05, 0) is 19.3 Å². The predicted molar refractivity (Wildman–Crippen MR) is 62.3 cm³/mol. The van der Waals surface area contributed by atoms with E-state index in [1.807, 2.05) is 0 Å². The third-order valence-electron chi connectivity index (χ3n) is 3.20. The van der Waals surface area contributed by atoms with Crippen LogP contribution in [0.3, 0.4) is 0 Å². The lowest BCUT2D eigenvalue weighted by molar-refractivity contribution is -0.138. The van der Waals surface area contributed by atoms with Gasteiger partial charge in [-0.15, -0.1) is 0 Å². The van der Waals surface area contributed by atoms with Gasteiger partial charge in [0, 0.05) is 12.2 Å². The Balaban J connectivity index is 2.18. The molecular weight excluding hydrogens is 243 g/mol. The van der Waals surface area contributed by atoms with Gasteiger partial charge in [0.2, 0.25) is 5.95 Å². The average Bonchev–Trinajstić information content (AvgIpc) is 2.80. The number of nitrogens with zero attached hydrogens (tertiary/aromatic N) is 2. The summed E-state index contributed by atoms with van der Waals surface area (Å²) in [5.74, 6) is 0.312. The Bertz CT molecular complexity index is 412. The molecule has 0 aliphatic heterocycles. The molecule has 0 aromatic carbocycles. The topological polar surface area (TPSA) is 37.8 Å². The molecule has 100 valence electrons. The summed E-state index contributed by atoms with van der Waals surface area (Å²) in [7, 11) is 0. The minimum atomic E-state index is -4.38. The summed E-state index contributed by atoms with van der Waals surface area (Å²) in [6.07, 6.45) is 1.12. The first-order valence-corrected chi connectivity index (χ1v) is 6.20. The number of alkyl halides is 3. The third kappa shape index (κ3) is 2.91. The molecule has 1 aromatic rings. The van der Waals surface area contributed by atoms with E-state index >= 15 is 0 Å². The number of hydrogen-bond donors (Lipinski definition) is 1. The van der Waals surface area contributed by atoms with E-state index in [0.717, 1.165) is 31.9 Å². The first kappa shape index (κ1) is 13.1. The Kier molecular flexibility index (Phi) is 3.73. The molecule has 0 radical (unpaired) electrons. The van der Waals surface area contributed by atoms with Crippen molar-refractivity contribution in [3.8, 4) is 0 Å². The Labute approximate surface area is 104 Å². The number of nitrogens with one attached hydrogen (secondary N) is 1. The summed E-state index contributed by atoms with van der Waals surface area (Å²) in [6.45, 7) is 1.66. The van der Waals surface area contributed by atoms with Crippen molar-refractivity contribution in [1.82, 2.24) is 9.97 Å². The van der Waals surface area contributed by atoms with Crippen molar-refractivity contribution >= 4 is 5.95 Å².